The number of nitrogens with two attached hydrogens (primary N) is 1. The molecule has 1 spiro atoms. The van der Waals surface area contributed by atoms with E-state index >= 15 is 0 Å². The number of likely N-dealkylation sites (tertiary alicyclic amines) is 1. The molecule has 1 amide bonds. The Balaban J connectivity index is 1.87. The minimum absolute atomic E-state index is 0.156. The Morgan fingerprint density at radius 1 is 1.42 bits per heavy atom. The van der Waals surface area contributed by atoms with E-state index in [1.807, 2.05) is 4.90 Å². The second-order valence-electron chi connectivity index (χ2n) is 5.48. The maximum absolute atomic E-state index is 11.4. The van der Waals surface area contributed by atoms with Gasteiger partial charge >= 0.3 is 0 Å². The summed E-state index contributed by atoms with van der Waals surface area (Å²) in [6.45, 7) is 4.43. The SMILES string of the molecule is CC(=O)N1CCC2(CC1)OCc1ccc(CN)cc12. The van der Waals surface area contributed by atoms with Gasteiger partial charge in [0.05, 0.1) is 12.2 Å². The van der Waals surface area contributed by atoms with Crippen LogP contribution in [0.1, 0.15) is 36.5 Å². The summed E-state index contributed by atoms with van der Waals surface area (Å²) in [6, 6.07) is 6.39. The summed E-state index contributed by atoms with van der Waals surface area (Å²) in [7, 11) is 0. The van der Waals surface area contributed by atoms with Gasteiger partial charge in [0.15, 0.2) is 0 Å². The van der Waals surface area contributed by atoms with Crippen molar-refractivity contribution >= 4 is 5.91 Å². The zero-order chi connectivity index (χ0) is 13.5. The Morgan fingerprint density at radius 2 is 2.16 bits per heavy atom. The first-order chi connectivity index (χ1) is 9.14. The van der Waals surface area contributed by atoms with Crippen molar-refractivity contribution < 1.29 is 9.53 Å². The molecule has 1 aromatic carbocycles. The Kier molecular flexibility index (Phi) is 3.07. The minimum Gasteiger partial charge on any atom is -0.365 e. The Bertz CT molecular complexity index is 505. The summed E-state index contributed by atoms with van der Waals surface area (Å²) < 4.78 is 6.10. The molecule has 4 nitrogen and oxygen atoms in total. The van der Waals surface area contributed by atoms with Crippen molar-refractivity contribution in [3.05, 3.63) is 34.9 Å². The third kappa shape index (κ3) is 2.05. The van der Waals surface area contributed by atoms with Crippen molar-refractivity contribution in [3.63, 3.8) is 0 Å². The van der Waals surface area contributed by atoms with Crippen LogP contribution in [0.2, 0.25) is 0 Å². The maximum atomic E-state index is 11.4. The molecule has 0 radical (unpaired) electrons. The van der Waals surface area contributed by atoms with Crippen molar-refractivity contribution in [1.29, 1.82) is 0 Å². The molecule has 0 aliphatic carbocycles. The lowest BCUT2D eigenvalue weighted by Crippen LogP contribution is -2.44. The lowest BCUT2D eigenvalue weighted by atomic mass is 9.83. The van der Waals surface area contributed by atoms with Gasteiger partial charge in [-0.2, -0.15) is 0 Å². The molecular formula is C15H20N2O2. The van der Waals surface area contributed by atoms with E-state index in [-0.39, 0.29) is 11.5 Å². The third-order valence-corrected chi connectivity index (χ3v) is 4.42. The fourth-order valence-corrected chi connectivity index (χ4v) is 3.19. The molecule has 1 fully saturated rings. The molecule has 2 aliphatic rings. The van der Waals surface area contributed by atoms with E-state index in [9.17, 15) is 4.79 Å². The summed E-state index contributed by atoms with van der Waals surface area (Å²) in [5, 5.41) is 0. The number of hydrogen-bond acceptors (Lipinski definition) is 3. The predicted molar refractivity (Wildman–Crippen MR) is 72.3 cm³/mol. The van der Waals surface area contributed by atoms with Crippen molar-refractivity contribution in [3.8, 4) is 0 Å². The first kappa shape index (κ1) is 12.6. The van der Waals surface area contributed by atoms with Gasteiger partial charge in [0.25, 0.3) is 0 Å². The fourth-order valence-electron chi connectivity index (χ4n) is 3.19. The number of rotatable bonds is 1. The summed E-state index contributed by atoms with van der Waals surface area (Å²) in [6.07, 6.45) is 1.77. The van der Waals surface area contributed by atoms with Crippen molar-refractivity contribution in [2.75, 3.05) is 13.1 Å². The third-order valence-electron chi connectivity index (χ3n) is 4.42. The second-order valence-corrected chi connectivity index (χ2v) is 5.48. The quantitative estimate of drug-likeness (QED) is 0.832. The van der Waals surface area contributed by atoms with Gasteiger partial charge in [0, 0.05) is 26.6 Å². The standard InChI is InChI=1S/C15H20N2O2/c1-11(18)17-6-4-15(5-7-17)14-8-12(9-16)2-3-13(14)10-19-15/h2-3,8H,4-7,9-10,16H2,1H3. The van der Waals surface area contributed by atoms with E-state index in [0.717, 1.165) is 31.5 Å². The van der Waals surface area contributed by atoms with E-state index in [2.05, 4.69) is 18.2 Å². The largest absolute Gasteiger partial charge is 0.365 e. The highest BCUT2D eigenvalue weighted by atomic mass is 16.5. The maximum Gasteiger partial charge on any atom is 0.219 e. The van der Waals surface area contributed by atoms with Crippen LogP contribution in [0.15, 0.2) is 18.2 Å². The molecule has 2 heterocycles. The van der Waals surface area contributed by atoms with Crippen molar-refractivity contribution in [2.24, 2.45) is 5.73 Å². The first-order valence-corrected chi connectivity index (χ1v) is 6.86. The molecule has 4 heteroatoms. The van der Waals surface area contributed by atoms with Crippen LogP contribution in [0.3, 0.4) is 0 Å². The van der Waals surface area contributed by atoms with Crippen molar-refractivity contribution in [1.82, 2.24) is 4.90 Å². The topological polar surface area (TPSA) is 55.6 Å². The van der Waals surface area contributed by atoms with Crippen LogP contribution in [-0.2, 0) is 28.3 Å². The van der Waals surface area contributed by atoms with Gasteiger partial charge in [-0.25, -0.2) is 0 Å². The summed E-state index contributed by atoms with van der Waals surface area (Å²) in [5.41, 5.74) is 9.25. The molecule has 0 unspecified atom stereocenters. The summed E-state index contributed by atoms with van der Waals surface area (Å²) in [5.74, 6) is 0.156. The normalized spacial score (nSPS) is 20.6. The fraction of sp³-hybridized carbons (Fsp3) is 0.533. The van der Waals surface area contributed by atoms with E-state index in [0.29, 0.717) is 13.2 Å². The number of benzene rings is 1. The molecule has 1 aromatic rings. The summed E-state index contributed by atoms with van der Waals surface area (Å²) >= 11 is 0. The predicted octanol–water partition coefficient (Wildman–Crippen LogP) is 1.51. The highest BCUT2D eigenvalue weighted by Gasteiger charge is 2.42. The molecule has 0 bridgehead atoms. The molecular weight excluding hydrogens is 240 g/mol. The van der Waals surface area contributed by atoms with Gasteiger partial charge in [-0.1, -0.05) is 18.2 Å². The molecule has 2 N–H and O–H groups in total. The Hall–Kier alpha value is -1.39. The van der Waals surface area contributed by atoms with Crippen LogP contribution in [0.4, 0.5) is 0 Å². The van der Waals surface area contributed by atoms with Crippen LogP contribution in [0.5, 0.6) is 0 Å². The van der Waals surface area contributed by atoms with Crippen LogP contribution < -0.4 is 5.73 Å². The van der Waals surface area contributed by atoms with Crippen LogP contribution in [0, 0.1) is 0 Å². The Morgan fingerprint density at radius 3 is 2.79 bits per heavy atom. The lowest BCUT2D eigenvalue weighted by molar-refractivity contribution is -0.136. The molecule has 19 heavy (non-hydrogen) atoms. The summed E-state index contributed by atoms with van der Waals surface area (Å²) in [4.78, 5) is 13.3. The Labute approximate surface area is 113 Å². The molecule has 2 aliphatic heterocycles. The number of nitrogens with zero attached hydrogens (tertiary/aromatic N) is 1. The van der Waals surface area contributed by atoms with Gasteiger partial charge in [-0.05, 0) is 29.5 Å². The molecule has 0 saturated carbocycles. The van der Waals surface area contributed by atoms with Gasteiger partial charge in [-0.3, -0.25) is 4.79 Å². The highest BCUT2D eigenvalue weighted by molar-refractivity contribution is 5.73. The van der Waals surface area contributed by atoms with E-state index in [1.54, 1.807) is 6.92 Å². The second kappa shape index (κ2) is 4.62. The average molecular weight is 260 g/mol. The number of ether oxygens (including phenoxy) is 1. The van der Waals surface area contributed by atoms with E-state index in [1.165, 1.54) is 11.1 Å². The molecule has 102 valence electrons. The van der Waals surface area contributed by atoms with Crippen molar-refractivity contribution in [2.45, 2.75) is 38.5 Å². The number of fused-ring (bicyclic) bond motifs is 2. The van der Waals surface area contributed by atoms with Crippen LogP contribution >= 0.6 is 0 Å². The lowest BCUT2D eigenvalue weighted by Gasteiger charge is -2.39. The monoisotopic (exact) mass is 260 g/mol. The zero-order valence-corrected chi connectivity index (χ0v) is 11.3. The van der Waals surface area contributed by atoms with E-state index < -0.39 is 0 Å². The van der Waals surface area contributed by atoms with Gasteiger partial charge in [0.1, 0.15) is 0 Å². The molecule has 0 aromatic heterocycles. The molecule has 3 rings (SSSR count). The van der Waals surface area contributed by atoms with Gasteiger partial charge in [-0.15, -0.1) is 0 Å². The van der Waals surface area contributed by atoms with E-state index in [4.69, 9.17) is 10.5 Å². The number of carbonyl (C=O) groups excluding carboxylic acids is 1. The average Bonchev–Trinajstić information content (AvgIpc) is 2.78. The first-order valence-electron chi connectivity index (χ1n) is 6.86. The van der Waals surface area contributed by atoms with Crippen LogP contribution in [0.25, 0.3) is 0 Å². The van der Waals surface area contributed by atoms with Gasteiger partial charge < -0.3 is 15.4 Å². The minimum atomic E-state index is -0.188. The van der Waals surface area contributed by atoms with Gasteiger partial charge in [0.2, 0.25) is 5.91 Å². The zero-order valence-electron chi connectivity index (χ0n) is 11.3. The van der Waals surface area contributed by atoms with Crippen LogP contribution in [-0.4, -0.2) is 23.9 Å². The number of amides is 1. The number of piperidine rings is 1. The molecule has 0 atom stereocenters. The molecule has 1 saturated heterocycles. The number of carbonyl (C=O) groups is 1. The number of hydrogen-bond donors (Lipinski definition) is 1. The highest BCUT2D eigenvalue weighted by Crippen LogP contribution is 2.44. The smallest absolute Gasteiger partial charge is 0.219 e.